The van der Waals surface area contributed by atoms with Crippen LogP contribution >= 0.6 is 11.8 Å². The minimum atomic E-state index is -2.52. The summed E-state index contributed by atoms with van der Waals surface area (Å²) in [5.74, 6) is -4.31. The van der Waals surface area contributed by atoms with Gasteiger partial charge in [-0.1, -0.05) is 44.7 Å². The average Bonchev–Trinajstić information content (AvgIpc) is 2.71. The van der Waals surface area contributed by atoms with Crippen LogP contribution in [0.3, 0.4) is 0 Å². The summed E-state index contributed by atoms with van der Waals surface area (Å²) in [6, 6.07) is 12.9. The zero-order valence-electron chi connectivity index (χ0n) is 17.4. The van der Waals surface area contributed by atoms with E-state index < -0.39 is 30.1 Å². The Morgan fingerprint density at radius 3 is 2.16 bits per heavy atom. The van der Waals surface area contributed by atoms with E-state index in [0.29, 0.717) is 27.9 Å². The quantitative estimate of drug-likeness (QED) is 0.465. The number of rotatable bonds is 8. The number of alkyl halides is 2. The molecule has 2 amide bonds. The Hall–Kier alpha value is -2.94. The van der Waals surface area contributed by atoms with E-state index >= 15 is 0 Å². The van der Waals surface area contributed by atoms with Gasteiger partial charge in [0.25, 0.3) is 17.6 Å². The van der Waals surface area contributed by atoms with Gasteiger partial charge in [0, 0.05) is 16.1 Å². The van der Waals surface area contributed by atoms with E-state index in [4.69, 9.17) is 4.74 Å². The molecule has 6 nitrogen and oxygen atoms in total. The molecule has 2 aromatic rings. The third-order valence-electron chi connectivity index (χ3n) is 4.13. The molecule has 31 heavy (non-hydrogen) atoms. The molecule has 0 heterocycles. The molecule has 0 saturated heterocycles. The third-order valence-corrected chi connectivity index (χ3v) is 4.86. The van der Waals surface area contributed by atoms with Gasteiger partial charge in [-0.15, -0.1) is 0 Å². The smallest absolute Gasteiger partial charge is 0.325 e. The van der Waals surface area contributed by atoms with Crippen LogP contribution in [0.4, 0.5) is 14.5 Å². The van der Waals surface area contributed by atoms with Crippen LogP contribution in [0.25, 0.3) is 0 Å². The number of ether oxygens (including phenoxy) is 1. The molecule has 2 N–H and O–H groups in total. The van der Waals surface area contributed by atoms with Crippen LogP contribution < -0.4 is 10.6 Å². The highest BCUT2D eigenvalue weighted by Gasteiger charge is 2.15. The molecule has 0 bridgehead atoms. The van der Waals surface area contributed by atoms with Crippen LogP contribution in [-0.4, -0.2) is 36.7 Å². The fourth-order valence-electron chi connectivity index (χ4n) is 2.49. The van der Waals surface area contributed by atoms with E-state index in [1.165, 1.54) is 24.3 Å². The number of carbonyl (C=O) groups is 3. The molecule has 0 spiro atoms. The van der Waals surface area contributed by atoms with Gasteiger partial charge in [-0.05, 0) is 47.4 Å². The van der Waals surface area contributed by atoms with Crippen molar-refractivity contribution in [2.24, 2.45) is 0 Å². The number of anilines is 1. The summed E-state index contributed by atoms with van der Waals surface area (Å²) in [5.41, 5.74) is 1.84. The number of hydrogen-bond donors (Lipinski definition) is 2. The first-order chi connectivity index (χ1) is 14.5. The minimum Gasteiger partial charge on any atom is -0.454 e. The van der Waals surface area contributed by atoms with Gasteiger partial charge in [0.15, 0.2) is 6.61 Å². The lowest BCUT2D eigenvalue weighted by Gasteiger charge is -2.19. The molecule has 0 aromatic heterocycles. The number of thioether (sulfide) groups is 1. The van der Waals surface area contributed by atoms with Gasteiger partial charge in [0.05, 0.1) is 0 Å². The van der Waals surface area contributed by atoms with Crippen molar-refractivity contribution in [2.45, 2.75) is 36.8 Å². The number of halogens is 2. The van der Waals surface area contributed by atoms with Crippen molar-refractivity contribution < 1.29 is 27.9 Å². The molecule has 0 aliphatic rings. The zero-order valence-corrected chi connectivity index (χ0v) is 18.2. The Morgan fingerprint density at radius 1 is 1.00 bits per heavy atom. The van der Waals surface area contributed by atoms with Crippen molar-refractivity contribution in [1.82, 2.24) is 5.32 Å². The maximum atomic E-state index is 12.3. The van der Waals surface area contributed by atoms with Gasteiger partial charge in [-0.25, -0.2) is 0 Å². The molecular weight excluding hydrogens is 426 g/mol. The fourth-order valence-corrected chi connectivity index (χ4v) is 2.99. The van der Waals surface area contributed by atoms with Crippen LogP contribution in [0, 0.1) is 0 Å². The first kappa shape index (κ1) is 24.3. The highest BCUT2D eigenvalue weighted by Crippen LogP contribution is 2.26. The summed E-state index contributed by atoms with van der Waals surface area (Å²) >= 11 is 0.398. The highest BCUT2D eigenvalue weighted by molar-refractivity contribution is 7.99. The Morgan fingerprint density at radius 2 is 1.61 bits per heavy atom. The first-order valence-electron chi connectivity index (χ1n) is 9.43. The number of carbonyl (C=O) groups excluding carboxylic acids is 3. The number of hydrogen-bond acceptors (Lipinski definition) is 5. The molecule has 0 atom stereocenters. The van der Waals surface area contributed by atoms with E-state index in [1.807, 2.05) is 12.1 Å². The lowest BCUT2D eigenvalue weighted by molar-refractivity contribution is -0.146. The van der Waals surface area contributed by atoms with Gasteiger partial charge < -0.3 is 15.4 Å². The molecule has 2 rings (SSSR count). The Balaban J connectivity index is 1.73. The minimum absolute atomic E-state index is 0.0355. The largest absolute Gasteiger partial charge is 0.454 e. The summed E-state index contributed by atoms with van der Waals surface area (Å²) in [4.78, 5) is 36.1. The van der Waals surface area contributed by atoms with Gasteiger partial charge in [0.2, 0.25) is 0 Å². The highest BCUT2D eigenvalue weighted by atomic mass is 32.2. The van der Waals surface area contributed by atoms with Crippen LogP contribution in [0.5, 0.6) is 0 Å². The average molecular weight is 451 g/mol. The monoisotopic (exact) mass is 450 g/mol. The van der Waals surface area contributed by atoms with Crippen molar-refractivity contribution in [3.05, 3.63) is 59.7 Å². The number of benzene rings is 2. The molecule has 9 heteroatoms. The number of nitrogens with one attached hydrogen (secondary N) is 2. The molecule has 0 unspecified atom stereocenters. The lowest BCUT2D eigenvalue weighted by Crippen LogP contribution is -2.32. The van der Waals surface area contributed by atoms with Crippen molar-refractivity contribution in [3.8, 4) is 0 Å². The fraction of sp³-hybridized carbons (Fsp3) is 0.318. The second kappa shape index (κ2) is 10.9. The van der Waals surface area contributed by atoms with E-state index in [-0.39, 0.29) is 12.0 Å². The standard InChI is InChI=1S/C22H24F2N2O4S/c1-22(2,3)15-6-4-14(5-7-15)20(29)25-12-19(28)30-13-18(27)26-16-8-10-17(11-9-16)31-21(23)24/h4-11,21H,12-13H2,1-3H3,(H,25,29)(H,26,27). The lowest BCUT2D eigenvalue weighted by atomic mass is 9.87. The summed E-state index contributed by atoms with van der Waals surface area (Å²) < 4.78 is 29.4. The second-order valence-electron chi connectivity index (χ2n) is 7.62. The van der Waals surface area contributed by atoms with Gasteiger partial charge in [-0.3, -0.25) is 14.4 Å². The summed E-state index contributed by atoms with van der Waals surface area (Å²) in [7, 11) is 0. The molecular formula is C22H24F2N2O4S. The molecule has 0 fully saturated rings. The first-order valence-corrected chi connectivity index (χ1v) is 10.3. The molecule has 2 aromatic carbocycles. The summed E-state index contributed by atoms with van der Waals surface area (Å²) in [6.45, 7) is 5.27. The zero-order chi connectivity index (χ0) is 23.0. The third kappa shape index (κ3) is 8.37. The Bertz CT molecular complexity index is 911. The van der Waals surface area contributed by atoms with E-state index in [1.54, 1.807) is 12.1 Å². The van der Waals surface area contributed by atoms with Crippen molar-refractivity contribution in [1.29, 1.82) is 0 Å². The van der Waals surface area contributed by atoms with Crippen LogP contribution in [-0.2, 0) is 19.7 Å². The van der Waals surface area contributed by atoms with E-state index in [2.05, 4.69) is 31.4 Å². The molecule has 166 valence electrons. The summed E-state index contributed by atoms with van der Waals surface area (Å²) in [6.07, 6.45) is 0. The number of amides is 2. The molecule has 0 aliphatic carbocycles. The normalized spacial score (nSPS) is 11.2. The maximum Gasteiger partial charge on any atom is 0.325 e. The van der Waals surface area contributed by atoms with Crippen LogP contribution in [0.2, 0.25) is 0 Å². The van der Waals surface area contributed by atoms with Crippen molar-refractivity contribution in [2.75, 3.05) is 18.5 Å². The van der Waals surface area contributed by atoms with Gasteiger partial charge >= 0.3 is 5.97 Å². The van der Waals surface area contributed by atoms with Gasteiger partial charge in [-0.2, -0.15) is 8.78 Å². The molecule has 0 radical (unpaired) electrons. The summed E-state index contributed by atoms with van der Waals surface area (Å²) in [5, 5.41) is 4.93. The van der Waals surface area contributed by atoms with Gasteiger partial charge in [0.1, 0.15) is 6.54 Å². The molecule has 0 saturated carbocycles. The predicted octanol–water partition coefficient (Wildman–Crippen LogP) is 4.21. The van der Waals surface area contributed by atoms with Crippen LogP contribution in [0.15, 0.2) is 53.4 Å². The van der Waals surface area contributed by atoms with Crippen LogP contribution in [0.1, 0.15) is 36.7 Å². The topological polar surface area (TPSA) is 84.5 Å². The Kier molecular flexibility index (Phi) is 8.56. The maximum absolute atomic E-state index is 12.3. The molecule has 0 aliphatic heterocycles. The van der Waals surface area contributed by atoms with E-state index in [9.17, 15) is 23.2 Å². The Labute approximate surface area is 183 Å². The van der Waals surface area contributed by atoms with Crippen molar-refractivity contribution in [3.63, 3.8) is 0 Å². The second-order valence-corrected chi connectivity index (χ2v) is 8.69. The predicted molar refractivity (Wildman–Crippen MR) is 115 cm³/mol. The number of esters is 1. The van der Waals surface area contributed by atoms with Crippen molar-refractivity contribution >= 4 is 35.2 Å². The van der Waals surface area contributed by atoms with E-state index in [0.717, 1.165) is 5.56 Å². The SMILES string of the molecule is CC(C)(C)c1ccc(C(=O)NCC(=O)OCC(=O)Nc2ccc(SC(F)F)cc2)cc1.